The number of pyridine rings is 1. The highest BCUT2D eigenvalue weighted by atomic mass is 16.5. The van der Waals surface area contributed by atoms with E-state index in [-0.39, 0.29) is 5.88 Å². The topological polar surface area (TPSA) is 110 Å². The summed E-state index contributed by atoms with van der Waals surface area (Å²) in [6.45, 7) is 7.15. The van der Waals surface area contributed by atoms with E-state index >= 15 is 0 Å². The minimum atomic E-state index is -1.28. The lowest BCUT2D eigenvalue weighted by molar-refractivity contribution is -0.160. The predicted octanol–water partition coefficient (Wildman–Crippen LogP) is 4.41. The minimum Gasteiger partial charge on any atom is -0.493 e. The van der Waals surface area contributed by atoms with Gasteiger partial charge in [0.2, 0.25) is 5.88 Å². The van der Waals surface area contributed by atoms with Crippen molar-refractivity contribution >= 4 is 11.6 Å². The van der Waals surface area contributed by atoms with Gasteiger partial charge in [-0.3, -0.25) is 0 Å². The quantitative estimate of drug-likeness (QED) is 0.480. The summed E-state index contributed by atoms with van der Waals surface area (Å²) >= 11 is 0. The third kappa shape index (κ3) is 4.17. The maximum absolute atomic E-state index is 12.3. The number of fused-ring (bicyclic) bond motifs is 1. The molecule has 0 amide bonds. The van der Waals surface area contributed by atoms with E-state index in [0.29, 0.717) is 33.9 Å². The maximum Gasteiger partial charge on any atom is 0.337 e. The van der Waals surface area contributed by atoms with Crippen molar-refractivity contribution < 1.29 is 19.7 Å². The lowest BCUT2D eigenvalue weighted by Gasteiger charge is -2.27. The fraction of sp³-hybridized carbons (Fsp3) is 0.250. The van der Waals surface area contributed by atoms with Gasteiger partial charge in [-0.1, -0.05) is 30.3 Å². The first kappa shape index (κ1) is 21.5. The summed E-state index contributed by atoms with van der Waals surface area (Å²) in [5.41, 5.74) is 3.44. The SMILES string of the molecule is Cc1nc2cc(-c3ccccc3)nn2c(-c2ccc(O)nc2)c1C(OC(C)(C)C)C(=O)O. The molecule has 1 atom stereocenters. The van der Waals surface area contributed by atoms with Gasteiger partial charge < -0.3 is 14.9 Å². The first-order valence-electron chi connectivity index (χ1n) is 10.2. The second kappa shape index (κ2) is 8.05. The highest BCUT2D eigenvalue weighted by molar-refractivity contribution is 5.80. The van der Waals surface area contributed by atoms with Crippen molar-refractivity contribution in [2.75, 3.05) is 0 Å². The van der Waals surface area contributed by atoms with Crippen LogP contribution in [0.1, 0.15) is 38.1 Å². The zero-order valence-electron chi connectivity index (χ0n) is 18.3. The van der Waals surface area contributed by atoms with Crippen molar-refractivity contribution in [1.82, 2.24) is 19.6 Å². The van der Waals surface area contributed by atoms with Crippen molar-refractivity contribution in [3.63, 3.8) is 0 Å². The number of carboxylic acid groups (broad SMARTS) is 1. The molecule has 8 nitrogen and oxygen atoms in total. The number of benzene rings is 1. The number of aromatic hydroxyl groups is 1. The van der Waals surface area contributed by atoms with Gasteiger partial charge in [-0.25, -0.2) is 19.3 Å². The van der Waals surface area contributed by atoms with Crippen molar-refractivity contribution in [2.24, 2.45) is 0 Å². The van der Waals surface area contributed by atoms with E-state index < -0.39 is 17.7 Å². The Morgan fingerprint density at radius 3 is 2.41 bits per heavy atom. The van der Waals surface area contributed by atoms with Crippen molar-refractivity contribution in [1.29, 1.82) is 0 Å². The van der Waals surface area contributed by atoms with Crippen LogP contribution in [0.5, 0.6) is 5.88 Å². The van der Waals surface area contributed by atoms with Gasteiger partial charge in [0, 0.05) is 40.7 Å². The summed E-state index contributed by atoms with van der Waals surface area (Å²) in [4.78, 5) is 20.9. The fourth-order valence-electron chi connectivity index (χ4n) is 3.59. The molecule has 0 aliphatic heterocycles. The molecule has 2 N–H and O–H groups in total. The first-order valence-corrected chi connectivity index (χ1v) is 10.2. The third-order valence-corrected chi connectivity index (χ3v) is 4.88. The third-order valence-electron chi connectivity index (χ3n) is 4.88. The van der Waals surface area contributed by atoms with Crippen LogP contribution in [0.3, 0.4) is 0 Å². The Bertz CT molecular complexity index is 1280. The van der Waals surface area contributed by atoms with Crippen LogP contribution in [0.2, 0.25) is 0 Å². The summed E-state index contributed by atoms with van der Waals surface area (Å²) in [5, 5.41) is 24.5. The van der Waals surface area contributed by atoms with Gasteiger partial charge in [-0.05, 0) is 33.8 Å². The monoisotopic (exact) mass is 432 g/mol. The molecule has 0 spiro atoms. The number of nitrogens with zero attached hydrogens (tertiary/aromatic N) is 4. The molecule has 1 unspecified atom stereocenters. The second-order valence-corrected chi connectivity index (χ2v) is 8.48. The van der Waals surface area contributed by atoms with Crippen LogP contribution >= 0.6 is 0 Å². The molecule has 164 valence electrons. The number of aromatic nitrogens is 4. The van der Waals surface area contributed by atoms with Gasteiger partial charge in [-0.2, -0.15) is 5.10 Å². The number of rotatable bonds is 5. The first-order chi connectivity index (χ1) is 15.1. The van der Waals surface area contributed by atoms with Crippen LogP contribution in [0, 0.1) is 6.92 Å². The molecule has 1 aromatic carbocycles. The van der Waals surface area contributed by atoms with Crippen molar-refractivity contribution in [2.45, 2.75) is 39.4 Å². The van der Waals surface area contributed by atoms with E-state index in [9.17, 15) is 15.0 Å². The molecule has 0 radical (unpaired) electrons. The average Bonchev–Trinajstić information content (AvgIpc) is 3.15. The van der Waals surface area contributed by atoms with E-state index in [1.54, 1.807) is 38.3 Å². The molecule has 4 aromatic rings. The summed E-state index contributed by atoms with van der Waals surface area (Å²) in [6, 6.07) is 14.6. The molecule has 3 aromatic heterocycles. The highest BCUT2D eigenvalue weighted by Gasteiger charge is 2.33. The lowest BCUT2D eigenvalue weighted by atomic mass is 10.00. The van der Waals surface area contributed by atoms with Crippen LogP contribution < -0.4 is 0 Å². The average molecular weight is 432 g/mol. The van der Waals surface area contributed by atoms with Crippen molar-refractivity contribution in [3.8, 4) is 28.4 Å². The van der Waals surface area contributed by atoms with Gasteiger partial charge in [0.15, 0.2) is 11.8 Å². The van der Waals surface area contributed by atoms with Crippen molar-refractivity contribution in [3.05, 3.63) is 66.0 Å². The number of hydrogen-bond donors (Lipinski definition) is 2. The fourth-order valence-corrected chi connectivity index (χ4v) is 3.59. The lowest BCUT2D eigenvalue weighted by Crippen LogP contribution is -2.29. The molecule has 0 saturated heterocycles. The zero-order valence-corrected chi connectivity index (χ0v) is 18.3. The molecule has 0 aliphatic rings. The van der Waals surface area contributed by atoms with Crippen LogP contribution in [0.25, 0.3) is 28.2 Å². The molecule has 0 bridgehead atoms. The molecular weight excluding hydrogens is 408 g/mol. The van der Waals surface area contributed by atoms with Crippen LogP contribution in [0.4, 0.5) is 0 Å². The van der Waals surface area contributed by atoms with E-state index in [4.69, 9.17) is 9.84 Å². The van der Waals surface area contributed by atoms with Crippen LogP contribution in [-0.4, -0.2) is 41.4 Å². The second-order valence-electron chi connectivity index (χ2n) is 8.48. The van der Waals surface area contributed by atoms with Crippen LogP contribution in [-0.2, 0) is 9.53 Å². The molecule has 0 saturated carbocycles. The molecule has 4 rings (SSSR count). The number of carboxylic acids is 1. The Morgan fingerprint density at radius 1 is 1.09 bits per heavy atom. The number of ether oxygens (including phenoxy) is 1. The zero-order chi connectivity index (χ0) is 23.0. The number of carbonyl (C=O) groups is 1. The smallest absolute Gasteiger partial charge is 0.337 e. The van der Waals surface area contributed by atoms with Gasteiger partial charge in [-0.15, -0.1) is 0 Å². The Kier molecular flexibility index (Phi) is 5.40. The predicted molar refractivity (Wildman–Crippen MR) is 119 cm³/mol. The summed E-state index contributed by atoms with van der Waals surface area (Å²) in [6.07, 6.45) is 0.201. The maximum atomic E-state index is 12.3. The Morgan fingerprint density at radius 2 is 1.81 bits per heavy atom. The molecule has 0 fully saturated rings. The molecule has 32 heavy (non-hydrogen) atoms. The van der Waals surface area contributed by atoms with E-state index in [0.717, 1.165) is 5.56 Å². The van der Waals surface area contributed by atoms with Gasteiger partial charge in [0.1, 0.15) is 0 Å². The van der Waals surface area contributed by atoms with Gasteiger partial charge in [0.25, 0.3) is 0 Å². The Labute approximate surface area is 185 Å². The summed E-state index contributed by atoms with van der Waals surface area (Å²) in [5.74, 6) is -1.27. The molecule has 0 aliphatic carbocycles. The standard InChI is InChI=1S/C24H24N4O4/c1-14-20(22(23(30)31)32-24(2,3)4)21(16-10-11-19(29)25-13-16)28-18(26-14)12-17(27-28)15-8-6-5-7-9-15/h5-13,22H,1-4H3,(H,25,29)(H,30,31). The number of hydrogen-bond acceptors (Lipinski definition) is 6. The highest BCUT2D eigenvalue weighted by Crippen LogP contribution is 2.36. The van der Waals surface area contributed by atoms with E-state index in [2.05, 4.69) is 9.97 Å². The minimum absolute atomic E-state index is 0.136. The van der Waals surface area contributed by atoms with E-state index in [1.807, 2.05) is 36.4 Å². The normalized spacial score (nSPS) is 12.8. The Hall–Kier alpha value is -3.78. The largest absolute Gasteiger partial charge is 0.493 e. The van der Waals surface area contributed by atoms with E-state index in [1.165, 1.54) is 12.3 Å². The summed E-state index contributed by atoms with van der Waals surface area (Å²) in [7, 11) is 0. The molecule has 8 heteroatoms. The number of aliphatic carboxylic acids is 1. The molecule has 3 heterocycles. The Balaban J connectivity index is 2.04. The van der Waals surface area contributed by atoms with Gasteiger partial charge >= 0.3 is 5.97 Å². The number of aryl methyl sites for hydroxylation is 1. The van der Waals surface area contributed by atoms with Gasteiger partial charge in [0.05, 0.1) is 17.0 Å². The van der Waals surface area contributed by atoms with Crippen LogP contribution in [0.15, 0.2) is 54.7 Å². The molecular formula is C24H24N4O4. The summed E-state index contributed by atoms with van der Waals surface area (Å²) < 4.78 is 7.55.